The molecule has 1 saturated carbocycles. The zero-order chi connectivity index (χ0) is 23.7. The molecule has 14 heteroatoms. The number of aliphatic hydroxyl groups is 7. The van der Waals surface area contributed by atoms with Gasteiger partial charge in [-0.2, -0.15) is 0 Å². The molecule has 0 aromatic heterocycles. The van der Waals surface area contributed by atoms with Crippen molar-refractivity contribution in [2.75, 3.05) is 20.3 Å². The van der Waals surface area contributed by atoms with Crippen molar-refractivity contribution in [2.24, 2.45) is 11.5 Å². The number of hydrogen-bond acceptors (Lipinski definition) is 14. The molecular weight excluding hydrogens is 434 g/mol. The first kappa shape index (κ1) is 26.1. The molecule has 14 atom stereocenters. The van der Waals surface area contributed by atoms with Gasteiger partial charge in [0.25, 0.3) is 0 Å². The first-order valence-electron chi connectivity index (χ1n) is 10.6. The standard InChI is InChI=1S/C18H35N3O11/c1-21-9-7(23)4-29-17(11(9)25)31-15-5(19)2-6(20)16(14(15)28)32-18-13(27)12(26)10(24)8(3-22)30-18/h5-18,21-28H,2-4,19-20H2,1H3/t5-,6+,7-,8-,9+,10-,11-,12+,13-,14-,15+,16-,17-,18-/m1/s1. The maximum absolute atomic E-state index is 10.9. The Morgan fingerprint density at radius 1 is 0.844 bits per heavy atom. The van der Waals surface area contributed by atoms with Gasteiger partial charge in [0.1, 0.15) is 48.8 Å². The van der Waals surface area contributed by atoms with E-state index in [4.69, 9.17) is 30.4 Å². The summed E-state index contributed by atoms with van der Waals surface area (Å²) in [5.41, 5.74) is 12.2. The van der Waals surface area contributed by atoms with Crippen LogP contribution in [0.15, 0.2) is 0 Å². The fourth-order valence-electron chi connectivity index (χ4n) is 4.40. The van der Waals surface area contributed by atoms with E-state index < -0.39 is 92.2 Å². The maximum Gasteiger partial charge on any atom is 0.187 e. The molecule has 3 fully saturated rings. The van der Waals surface area contributed by atoms with Gasteiger partial charge in [0.15, 0.2) is 12.6 Å². The summed E-state index contributed by atoms with van der Waals surface area (Å²) in [5.74, 6) is 0. The molecule has 2 saturated heterocycles. The van der Waals surface area contributed by atoms with E-state index in [2.05, 4.69) is 5.32 Å². The second-order valence-electron chi connectivity index (χ2n) is 8.53. The molecule has 0 aromatic rings. The molecule has 0 spiro atoms. The lowest BCUT2D eigenvalue weighted by molar-refractivity contribution is -0.331. The van der Waals surface area contributed by atoms with E-state index in [0.717, 1.165) is 0 Å². The van der Waals surface area contributed by atoms with E-state index >= 15 is 0 Å². The second kappa shape index (κ2) is 10.8. The summed E-state index contributed by atoms with van der Waals surface area (Å²) in [6.45, 7) is -0.758. The van der Waals surface area contributed by atoms with Crippen molar-refractivity contribution in [3.8, 4) is 0 Å². The average Bonchev–Trinajstić information content (AvgIpc) is 2.75. The molecule has 188 valence electrons. The number of nitrogens with two attached hydrogens (primary N) is 2. The maximum atomic E-state index is 10.9. The zero-order valence-corrected chi connectivity index (χ0v) is 17.6. The fraction of sp³-hybridized carbons (Fsp3) is 1.00. The molecule has 3 rings (SSSR count). The summed E-state index contributed by atoms with van der Waals surface area (Å²) in [6.07, 6.45) is -14.6. The molecule has 32 heavy (non-hydrogen) atoms. The van der Waals surface area contributed by atoms with Crippen molar-refractivity contribution in [1.29, 1.82) is 0 Å². The quantitative estimate of drug-likeness (QED) is 0.174. The minimum atomic E-state index is -1.68. The highest BCUT2D eigenvalue weighted by molar-refractivity contribution is 5.01. The van der Waals surface area contributed by atoms with Crippen LogP contribution in [-0.4, -0.2) is 142 Å². The highest BCUT2D eigenvalue weighted by Crippen LogP contribution is 2.30. The molecule has 1 aliphatic carbocycles. The molecule has 0 radical (unpaired) electrons. The predicted octanol–water partition coefficient (Wildman–Crippen LogP) is -6.36. The molecule has 3 aliphatic rings. The van der Waals surface area contributed by atoms with Crippen LogP contribution in [0.4, 0.5) is 0 Å². The Morgan fingerprint density at radius 3 is 2.00 bits per heavy atom. The van der Waals surface area contributed by atoms with Crippen molar-refractivity contribution in [1.82, 2.24) is 5.32 Å². The molecule has 2 heterocycles. The van der Waals surface area contributed by atoms with Crippen molar-refractivity contribution >= 4 is 0 Å². The summed E-state index contributed by atoms with van der Waals surface area (Å²) in [7, 11) is 1.56. The highest BCUT2D eigenvalue weighted by Gasteiger charge is 2.50. The van der Waals surface area contributed by atoms with Crippen molar-refractivity contribution in [3.63, 3.8) is 0 Å². The van der Waals surface area contributed by atoms with Gasteiger partial charge in [-0.05, 0) is 13.5 Å². The van der Waals surface area contributed by atoms with Crippen molar-refractivity contribution in [2.45, 2.75) is 92.1 Å². The van der Waals surface area contributed by atoms with Crippen LogP contribution in [0.1, 0.15) is 6.42 Å². The average molecular weight is 469 g/mol. The van der Waals surface area contributed by atoms with E-state index in [1.807, 2.05) is 0 Å². The molecule has 0 bridgehead atoms. The molecule has 12 N–H and O–H groups in total. The Hall–Kier alpha value is -0.560. The Bertz CT molecular complexity index is 605. The van der Waals surface area contributed by atoms with Crippen LogP contribution >= 0.6 is 0 Å². The van der Waals surface area contributed by atoms with E-state index in [1.165, 1.54) is 0 Å². The molecule has 14 nitrogen and oxygen atoms in total. The van der Waals surface area contributed by atoms with Gasteiger partial charge in [-0.25, -0.2) is 0 Å². The lowest BCUT2D eigenvalue weighted by Crippen LogP contribution is -2.67. The summed E-state index contributed by atoms with van der Waals surface area (Å²) in [5, 5.41) is 73.5. The number of ether oxygens (including phenoxy) is 4. The number of rotatable bonds is 6. The van der Waals surface area contributed by atoms with E-state index in [9.17, 15) is 35.7 Å². The fourth-order valence-corrected chi connectivity index (χ4v) is 4.40. The van der Waals surface area contributed by atoms with E-state index in [0.29, 0.717) is 0 Å². The van der Waals surface area contributed by atoms with Crippen LogP contribution < -0.4 is 16.8 Å². The van der Waals surface area contributed by atoms with Crippen LogP contribution in [0.25, 0.3) is 0 Å². The summed E-state index contributed by atoms with van der Waals surface area (Å²) >= 11 is 0. The van der Waals surface area contributed by atoms with Gasteiger partial charge in [0.2, 0.25) is 0 Å². The number of aliphatic hydroxyl groups excluding tert-OH is 7. The normalized spacial score (nSPS) is 52.7. The number of nitrogens with one attached hydrogen (secondary N) is 1. The third kappa shape index (κ3) is 5.08. The Morgan fingerprint density at radius 2 is 1.44 bits per heavy atom. The molecule has 2 aliphatic heterocycles. The van der Waals surface area contributed by atoms with Gasteiger partial charge in [-0.15, -0.1) is 0 Å². The van der Waals surface area contributed by atoms with Crippen LogP contribution in [0.5, 0.6) is 0 Å². The van der Waals surface area contributed by atoms with Crippen molar-refractivity contribution in [3.05, 3.63) is 0 Å². The molecule has 0 aromatic carbocycles. The van der Waals surface area contributed by atoms with Gasteiger partial charge < -0.3 is 71.5 Å². The zero-order valence-electron chi connectivity index (χ0n) is 17.6. The third-order valence-electron chi connectivity index (χ3n) is 6.32. The third-order valence-corrected chi connectivity index (χ3v) is 6.32. The van der Waals surface area contributed by atoms with Gasteiger partial charge in [0.05, 0.1) is 25.4 Å². The Balaban J connectivity index is 1.70. The summed E-state index contributed by atoms with van der Waals surface area (Å²) in [6, 6.07) is -2.30. The Kier molecular flexibility index (Phi) is 8.79. The van der Waals surface area contributed by atoms with Gasteiger partial charge in [-0.1, -0.05) is 0 Å². The first-order valence-corrected chi connectivity index (χ1v) is 10.6. The van der Waals surface area contributed by atoms with Crippen LogP contribution in [0.2, 0.25) is 0 Å². The minimum Gasteiger partial charge on any atom is -0.394 e. The van der Waals surface area contributed by atoms with Crippen LogP contribution in [0.3, 0.4) is 0 Å². The highest BCUT2D eigenvalue weighted by atomic mass is 16.7. The van der Waals surface area contributed by atoms with E-state index in [-0.39, 0.29) is 13.0 Å². The molecule has 0 unspecified atom stereocenters. The largest absolute Gasteiger partial charge is 0.394 e. The van der Waals surface area contributed by atoms with Gasteiger partial charge in [0, 0.05) is 12.1 Å². The minimum absolute atomic E-state index is 0.115. The lowest BCUT2D eigenvalue weighted by Gasteiger charge is -2.47. The number of likely N-dealkylation sites (N-methyl/N-ethyl adjacent to an activating group) is 1. The topological polar surface area (TPSA) is 243 Å². The van der Waals surface area contributed by atoms with Crippen molar-refractivity contribution < 1.29 is 54.7 Å². The van der Waals surface area contributed by atoms with Gasteiger partial charge in [-0.3, -0.25) is 0 Å². The van der Waals surface area contributed by atoms with Crippen LogP contribution in [-0.2, 0) is 18.9 Å². The summed E-state index contributed by atoms with van der Waals surface area (Å²) in [4.78, 5) is 0. The predicted molar refractivity (Wildman–Crippen MR) is 105 cm³/mol. The van der Waals surface area contributed by atoms with Crippen LogP contribution in [0, 0.1) is 0 Å². The van der Waals surface area contributed by atoms with E-state index in [1.54, 1.807) is 7.05 Å². The lowest BCUT2D eigenvalue weighted by atomic mass is 9.84. The molecule has 0 amide bonds. The smallest absolute Gasteiger partial charge is 0.187 e. The SMILES string of the molecule is CN[C@@H]1[C@@H](O)[C@@H](O[C@@H]2[C@@H](O)[C@H](O[C@H]3O[C@H](CO)[C@@H](O)[C@H](O)[C@H]3O)[C@@H](N)C[C@H]2N)OC[C@H]1O. The number of hydrogen-bond donors (Lipinski definition) is 10. The summed E-state index contributed by atoms with van der Waals surface area (Å²) < 4.78 is 22.1. The Labute approximate surface area is 184 Å². The molecular formula is C18H35N3O11. The monoisotopic (exact) mass is 469 g/mol. The van der Waals surface area contributed by atoms with Gasteiger partial charge >= 0.3 is 0 Å². The first-order chi connectivity index (χ1) is 15.1. The second-order valence-corrected chi connectivity index (χ2v) is 8.53.